The van der Waals surface area contributed by atoms with E-state index >= 15 is 0 Å². The highest BCUT2D eigenvalue weighted by atomic mass is 19.4. The van der Waals surface area contributed by atoms with Crippen LogP contribution in [0.15, 0.2) is 66.9 Å². The van der Waals surface area contributed by atoms with Gasteiger partial charge in [-0.2, -0.15) is 13.2 Å². The molecule has 2 heterocycles. The number of nitrogens with zero attached hydrogens (tertiary/aromatic N) is 3. The SMILES string of the molecule is O=[N+]([O-])c1cc(-c2ccccc2)ccc1N1CCC(Oc2ccc(C(F)(F)F)cn2)C1. The molecular formula is C22H18F3N3O3. The summed E-state index contributed by atoms with van der Waals surface area (Å²) >= 11 is 0. The maximum Gasteiger partial charge on any atom is 0.417 e. The van der Waals surface area contributed by atoms with E-state index in [1.807, 2.05) is 41.3 Å². The van der Waals surface area contributed by atoms with Gasteiger partial charge in [0.1, 0.15) is 11.8 Å². The van der Waals surface area contributed by atoms with Crippen molar-refractivity contribution in [1.82, 2.24) is 4.98 Å². The summed E-state index contributed by atoms with van der Waals surface area (Å²) in [5.41, 5.74) is 1.26. The molecule has 1 unspecified atom stereocenters. The van der Waals surface area contributed by atoms with Crippen molar-refractivity contribution in [3.63, 3.8) is 0 Å². The fourth-order valence-corrected chi connectivity index (χ4v) is 3.58. The molecule has 2 aromatic carbocycles. The summed E-state index contributed by atoms with van der Waals surface area (Å²) in [7, 11) is 0. The molecule has 31 heavy (non-hydrogen) atoms. The third-order valence-electron chi connectivity index (χ3n) is 5.12. The van der Waals surface area contributed by atoms with Gasteiger partial charge in [-0.05, 0) is 23.3 Å². The zero-order valence-corrected chi connectivity index (χ0v) is 16.2. The maximum absolute atomic E-state index is 12.7. The van der Waals surface area contributed by atoms with Gasteiger partial charge in [-0.15, -0.1) is 0 Å². The molecule has 9 heteroatoms. The second-order valence-electron chi connectivity index (χ2n) is 7.18. The van der Waals surface area contributed by atoms with Crippen molar-refractivity contribution in [3.05, 3.63) is 82.5 Å². The van der Waals surface area contributed by atoms with E-state index in [0.29, 0.717) is 25.2 Å². The van der Waals surface area contributed by atoms with E-state index in [1.165, 1.54) is 6.07 Å². The Morgan fingerprint density at radius 1 is 1.06 bits per heavy atom. The molecule has 6 nitrogen and oxygen atoms in total. The minimum absolute atomic E-state index is 0.00495. The molecule has 0 radical (unpaired) electrons. The van der Waals surface area contributed by atoms with E-state index in [9.17, 15) is 23.3 Å². The molecule has 0 N–H and O–H groups in total. The van der Waals surface area contributed by atoms with Crippen molar-refractivity contribution in [1.29, 1.82) is 0 Å². The van der Waals surface area contributed by atoms with Crippen LogP contribution < -0.4 is 9.64 Å². The van der Waals surface area contributed by atoms with Gasteiger partial charge >= 0.3 is 6.18 Å². The minimum atomic E-state index is -4.46. The van der Waals surface area contributed by atoms with Crippen LogP contribution in [0.2, 0.25) is 0 Å². The number of hydrogen-bond acceptors (Lipinski definition) is 5. The van der Waals surface area contributed by atoms with Gasteiger partial charge in [0.05, 0.1) is 17.0 Å². The summed E-state index contributed by atoms with van der Waals surface area (Å²) in [5.74, 6) is 0.0915. The smallest absolute Gasteiger partial charge is 0.417 e. The Morgan fingerprint density at radius 3 is 2.48 bits per heavy atom. The van der Waals surface area contributed by atoms with Crippen LogP contribution in [0.25, 0.3) is 11.1 Å². The van der Waals surface area contributed by atoms with Gasteiger partial charge in [0, 0.05) is 31.3 Å². The first kappa shape index (κ1) is 20.6. The quantitative estimate of drug-likeness (QED) is 0.405. The highest BCUT2D eigenvalue weighted by Gasteiger charge is 2.32. The normalized spacial score (nSPS) is 16.4. The van der Waals surface area contributed by atoms with Gasteiger partial charge in [0.2, 0.25) is 5.88 Å². The van der Waals surface area contributed by atoms with Crippen LogP contribution in [0, 0.1) is 10.1 Å². The largest absolute Gasteiger partial charge is 0.472 e. The lowest BCUT2D eigenvalue weighted by Gasteiger charge is -2.19. The van der Waals surface area contributed by atoms with Crippen LogP contribution >= 0.6 is 0 Å². The zero-order chi connectivity index (χ0) is 22.0. The topological polar surface area (TPSA) is 68.5 Å². The number of anilines is 1. The van der Waals surface area contributed by atoms with Crippen molar-refractivity contribution in [2.24, 2.45) is 0 Å². The lowest BCUT2D eigenvalue weighted by atomic mass is 10.0. The van der Waals surface area contributed by atoms with E-state index in [0.717, 1.165) is 23.4 Å². The van der Waals surface area contributed by atoms with Crippen molar-refractivity contribution in [2.75, 3.05) is 18.0 Å². The van der Waals surface area contributed by atoms with Gasteiger partial charge in [-0.3, -0.25) is 10.1 Å². The van der Waals surface area contributed by atoms with Crippen LogP contribution in [0.5, 0.6) is 5.88 Å². The van der Waals surface area contributed by atoms with Crippen LogP contribution in [-0.4, -0.2) is 29.1 Å². The van der Waals surface area contributed by atoms with E-state index in [-0.39, 0.29) is 17.7 Å². The van der Waals surface area contributed by atoms with Crippen molar-refractivity contribution >= 4 is 11.4 Å². The number of alkyl halides is 3. The summed E-state index contributed by atoms with van der Waals surface area (Å²) in [6.07, 6.45) is -3.49. The molecular weight excluding hydrogens is 411 g/mol. The summed E-state index contributed by atoms with van der Waals surface area (Å²) in [6.45, 7) is 0.894. The van der Waals surface area contributed by atoms with Crippen LogP contribution in [0.3, 0.4) is 0 Å². The van der Waals surface area contributed by atoms with Gasteiger partial charge < -0.3 is 9.64 Å². The summed E-state index contributed by atoms with van der Waals surface area (Å²) in [4.78, 5) is 16.9. The first-order chi connectivity index (χ1) is 14.8. The van der Waals surface area contributed by atoms with Crippen molar-refractivity contribution in [3.8, 4) is 17.0 Å². The molecule has 1 aromatic heterocycles. The third kappa shape index (κ3) is 4.60. The monoisotopic (exact) mass is 429 g/mol. The Labute approximate surface area is 176 Å². The summed E-state index contributed by atoms with van der Waals surface area (Å²) < 4.78 is 43.7. The maximum atomic E-state index is 12.7. The zero-order valence-electron chi connectivity index (χ0n) is 16.2. The van der Waals surface area contributed by atoms with Crippen molar-refractivity contribution in [2.45, 2.75) is 18.7 Å². The fraction of sp³-hybridized carbons (Fsp3) is 0.227. The minimum Gasteiger partial charge on any atom is -0.472 e. The molecule has 0 aliphatic carbocycles. The second-order valence-corrected chi connectivity index (χ2v) is 7.18. The Balaban J connectivity index is 1.49. The highest BCUT2D eigenvalue weighted by Crippen LogP contribution is 2.35. The molecule has 0 amide bonds. The van der Waals surface area contributed by atoms with E-state index in [2.05, 4.69) is 4.98 Å². The average molecular weight is 429 g/mol. The number of benzene rings is 2. The molecule has 0 spiro atoms. The molecule has 1 fully saturated rings. The Bertz CT molecular complexity index is 1070. The second kappa shape index (κ2) is 8.25. The summed E-state index contributed by atoms with van der Waals surface area (Å²) in [5, 5.41) is 11.7. The lowest BCUT2D eigenvalue weighted by molar-refractivity contribution is -0.384. The molecule has 4 rings (SSSR count). The molecule has 0 saturated carbocycles. The van der Waals surface area contributed by atoms with Crippen LogP contribution in [-0.2, 0) is 6.18 Å². The molecule has 0 bridgehead atoms. The Morgan fingerprint density at radius 2 is 1.84 bits per heavy atom. The van der Waals surface area contributed by atoms with Gasteiger partial charge in [-0.1, -0.05) is 36.4 Å². The first-order valence-electron chi connectivity index (χ1n) is 9.60. The molecule has 3 aromatic rings. The molecule has 1 aliphatic heterocycles. The Hall–Kier alpha value is -3.62. The van der Waals surface area contributed by atoms with Crippen molar-refractivity contribution < 1.29 is 22.8 Å². The number of hydrogen-bond donors (Lipinski definition) is 0. The van der Waals surface area contributed by atoms with Gasteiger partial charge in [-0.25, -0.2) is 4.98 Å². The molecule has 1 atom stereocenters. The summed E-state index contributed by atoms with van der Waals surface area (Å²) in [6, 6.07) is 16.6. The third-order valence-corrected chi connectivity index (χ3v) is 5.12. The number of nitro benzene ring substituents is 1. The highest BCUT2D eigenvalue weighted by molar-refractivity contribution is 5.74. The average Bonchev–Trinajstić information content (AvgIpc) is 3.22. The molecule has 160 valence electrons. The number of rotatable bonds is 5. The number of halogens is 3. The first-order valence-corrected chi connectivity index (χ1v) is 9.60. The number of ether oxygens (including phenoxy) is 1. The molecule has 1 aliphatic rings. The predicted octanol–water partition coefficient (Wildman–Crippen LogP) is 5.33. The standard InChI is InChI=1S/C22H18F3N3O3/c23-22(24,25)17-7-9-21(26-13-17)31-18-10-11-27(14-18)19-8-6-16(12-20(19)28(29)30)15-4-2-1-3-5-15/h1-9,12-13,18H,10-11,14H2. The lowest BCUT2D eigenvalue weighted by Crippen LogP contribution is -2.25. The molecule has 1 saturated heterocycles. The number of aromatic nitrogens is 1. The van der Waals surface area contributed by atoms with E-state index < -0.39 is 16.7 Å². The predicted molar refractivity (Wildman–Crippen MR) is 109 cm³/mol. The van der Waals surface area contributed by atoms with E-state index in [1.54, 1.807) is 12.1 Å². The van der Waals surface area contributed by atoms with Gasteiger partial charge in [0.25, 0.3) is 5.69 Å². The van der Waals surface area contributed by atoms with Gasteiger partial charge in [0.15, 0.2) is 0 Å². The van der Waals surface area contributed by atoms with Crippen LogP contribution in [0.1, 0.15) is 12.0 Å². The number of nitro groups is 1. The van der Waals surface area contributed by atoms with Crippen LogP contribution in [0.4, 0.5) is 24.5 Å². The van der Waals surface area contributed by atoms with E-state index in [4.69, 9.17) is 4.74 Å². The number of pyridine rings is 1. The fourth-order valence-electron chi connectivity index (χ4n) is 3.58. The Kier molecular flexibility index (Phi) is 5.50.